The Morgan fingerprint density at radius 1 is 1.23 bits per heavy atom. The summed E-state index contributed by atoms with van der Waals surface area (Å²) in [5.41, 5.74) is 0.439. The Hall–Kier alpha value is -3.95. The van der Waals surface area contributed by atoms with Gasteiger partial charge in [0.2, 0.25) is 5.82 Å². The summed E-state index contributed by atoms with van der Waals surface area (Å²) in [6, 6.07) is 6.01. The SMILES string of the molecule is Cc1cnc(C(=O)N[C@H]2COc3cccnc3N(C)C2=O)nc1-c1cccc(F)c1F. The van der Waals surface area contributed by atoms with Gasteiger partial charge in [0.25, 0.3) is 11.8 Å². The Labute approximate surface area is 175 Å². The second-order valence-corrected chi connectivity index (χ2v) is 6.89. The monoisotopic (exact) mass is 425 g/mol. The van der Waals surface area contributed by atoms with E-state index in [1.165, 1.54) is 36.5 Å². The Bertz CT molecular complexity index is 1190. The molecular formula is C21H17F2N5O3. The van der Waals surface area contributed by atoms with E-state index < -0.39 is 29.5 Å². The minimum Gasteiger partial charge on any atom is -0.487 e. The van der Waals surface area contributed by atoms with Gasteiger partial charge in [-0.15, -0.1) is 0 Å². The molecule has 0 unspecified atom stereocenters. The van der Waals surface area contributed by atoms with Crippen LogP contribution in [0.3, 0.4) is 0 Å². The number of aromatic nitrogens is 3. The molecule has 10 heteroatoms. The van der Waals surface area contributed by atoms with Crippen molar-refractivity contribution in [2.24, 2.45) is 0 Å². The van der Waals surface area contributed by atoms with Crippen molar-refractivity contribution in [2.45, 2.75) is 13.0 Å². The van der Waals surface area contributed by atoms with E-state index in [9.17, 15) is 18.4 Å². The molecule has 1 aliphatic heterocycles. The van der Waals surface area contributed by atoms with Crippen molar-refractivity contribution in [1.82, 2.24) is 20.3 Å². The third-order valence-electron chi connectivity index (χ3n) is 4.79. The van der Waals surface area contributed by atoms with Crippen LogP contribution in [0.5, 0.6) is 5.75 Å². The summed E-state index contributed by atoms with van der Waals surface area (Å²) in [5.74, 6) is -2.85. The summed E-state index contributed by atoms with van der Waals surface area (Å²) in [6.07, 6.45) is 2.86. The van der Waals surface area contributed by atoms with E-state index in [1.807, 2.05) is 0 Å². The first-order chi connectivity index (χ1) is 14.9. The summed E-state index contributed by atoms with van der Waals surface area (Å²) < 4.78 is 33.5. The number of ether oxygens (including phenoxy) is 1. The van der Waals surface area contributed by atoms with Crippen molar-refractivity contribution in [3.05, 3.63) is 65.7 Å². The lowest BCUT2D eigenvalue weighted by Gasteiger charge is -2.19. The van der Waals surface area contributed by atoms with E-state index in [2.05, 4.69) is 20.3 Å². The highest BCUT2D eigenvalue weighted by molar-refractivity contribution is 6.01. The van der Waals surface area contributed by atoms with Gasteiger partial charge in [0.1, 0.15) is 12.6 Å². The Kier molecular flexibility index (Phi) is 5.28. The minimum atomic E-state index is -1.07. The highest BCUT2D eigenvalue weighted by Crippen LogP contribution is 2.28. The van der Waals surface area contributed by atoms with Gasteiger partial charge >= 0.3 is 0 Å². The number of nitrogens with one attached hydrogen (secondary N) is 1. The van der Waals surface area contributed by atoms with Crippen molar-refractivity contribution in [3.63, 3.8) is 0 Å². The molecule has 0 saturated heterocycles. The third-order valence-corrected chi connectivity index (χ3v) is 4.79. The molecule has 3 aromatic rings. The lowest BCUT2D eigenvalue weighted by molar-refractivity contribution is -0.120. The van der Waals surface area contributed by atoms with Gasteiger partial charge in [-0.3, -0.25) is 14.5 Å². The molecule has 0 bridgehead atoms. The maximum atomic E-state index is 14.2. The first kappa shape index (κ1) is 20.3. The topological polar surface area (TPSA) is 97.3 Å². The van der Waals surface area contributed by atoms with Gasteiger partial charge in [-0.2, -0.15) is 0 Å². The zero-order valence-electron chi connectivity index (χ0n) is 16.6. The normalized spacial score (nSPS) is 15.7. The zero-order valence-corrected chi connectivity index (χ0v) is 16.6. The Morgan fingerprint density at radius 3 is 2.84 bits per heavy atom. The van der Waals surface area contributed by atoms with E-state index >= 15 is 0 Å². The number of hydrogen-bond donors (Lipinski definition) is 1. The molecule has 8 nitrogen and oxygen atoms in total. The van der Waals surface area contributed by atoms with Crippen molar-refractivity contribution in [1.29, 1.82) is 0 Å². The van der Waals surface area contributed by atoms with Crippen molar-refractivity contribution >= 4 is 17.6 Å². The summed E-state index contributed by atoms with van der Waals surface area (Å²) in [6.45, 7) is 1.49. The van der Waals surface area contributed by atoms with Crippen LogP contribution in [0.4, 0.5) is 14.6 Å². The Morgan fingerprint density at radius 2 is 2.03 bits per heavy atom. The van der Waals surface area contributed by atoms with Crippen LogP contribution < -0.4 is 15.0 Å². The summed E-state index contributed by atoms with van der Waals surface area (Å²) in [7, 11) is 1.52. The highest BCUT2D eigenvalue weighted by atomic mass is 19.2. The molecule has 2 amide bonds. The summed E-state index contributed by atoms with van der Waals surface area (Å²) >= 11 is 0. The van der Waals surface area contributed by atoms with Crippen molar-refractivity contribution < 1.29 is 23.1 Å². The minimum absolute atomic E-state index is 0.0781. The van der Waals surface area contributed by atoms with Gasteiger partial charge in [0, 0.05) is 25.0 Å². The van der Waals surface area contributed by atoms with Crippen LogP contribution in [0.2, 0.25) is 0 Å². The molecule has 31 heavy (non-hydrogen) atoms. The smallest absolute Gasteiger partial charge is 0.289 e. The van der Waals surface area contributed by atoms with E-state index in [0.29, 0.717) is 17.1 Å². The number of benzene rings is 1. The van der Waals surface area contributed by atoms with Crippen LogP contribution in [-0.4, -0.2) is 46.5 Å². The van der Waals surface area contributed by atoms with Gasteiger partial charge in [-0.05, 0) is 36.8 Å². The molecule has 0 spiro atoms. The molecule has 3 heterocycles. The number of rotatable bonds is 3. The number of anilines is 1. The predicted molar refractivity (Wildman–Crippen MR) is 107 cm³/mol. The molecule has 1 N–H and O–H groups in total. The van der Waals surface area contributed by atoms with Crippen LogP contribution in [0, 0.1) is 18.6 Å². The van der Waals surface area contributed by atoms with E-state index in [0.717, 1.165) is 6.07 Å². The number of aryl methyl sites for hydroxylation is 1. The average molecular weight is 425 g/mol. The van der Waals surface area contributed by atoms with Gasteiger partial charge in [-0.25, -0.2) is 23.7 Å². The number of amides is 2. The molecule has 4 rings (SSSR count). The molecule has 1 atom stereocenters. The molecule has 0 aliphatic carbocycles. The second-order valence-electron chi connectivity index (χ2n) is 6.89. The standard InChI is InChI=1S/C21H17F2N5O3/c1-11-9-25-18(27-17(11)12-5-3-6-13(22)16(12)23)20(29)26-14-10-31-15-7-4-8-24-19(15)28(2)21(14)30/h3-9,14H,10H2,1-2H3,(H,26,29)/t14-/m0/s1. The molecule has 2 aromatic heterocycles. The zero-order chi connectivity index (χ0) is 22.1. The van der Waals surface area contributed by atoms with Gasteiger partial charge < -0.3 is 10.1 Å². The number of fused-ring (bicyclic) bond motifs is 1. The number of likely N-dealkylation sites (N-methyl/N-ethyl adjacent to an activating group) is 1. The number of hydrogen-bond acceptors (Lipinski definition) is 6. The predicted octanol–water partition coefficient (Wildman–Crippen LogP) is 2.28. The molecule has 0 fully saturated rings. The van der Waals surface area contributed by atoms with Gasteiger partial charge in [0.05, 0.1) is 5.69 Å². The van der Waals surface area contributed by atoms with E-state index in [1.54, 1.807) is 19.1 Å². The van der Waals surface area contributed by atoms with Crippen molar-refractivity contribution in [2.75, 3.05) is 18.6 Å². The van der Waals surface area contributed by atoms with Crippen LogP contribution in [0.25, 0.3) is 11.3 Å². The number of halogens is 2. The van der Waals surface area contributed by atoms with Crippen LogP contribution in [0.15, 0.2) is 42.7 Å². The van der Waals surface area contributed by atoms with Crippen LogP contribution in [0.1, 0.15) is 16.2 Å². The fraction of sp³-hybridized carbons (Fsp3) is 0.190. The summed E-state index contributed by atoms with van der Waals surface area (Å²) in [5, 5.41) is 2.54. The molecule has 0 radical (unpaired) electrons. The summed E-state index contributed by atoms with van der Waals surface area (Å²) in [4.78, 5) is 39.0. The maximum absolute atomic E-state index is 14.2. The molecule has 1 aromatic carbocycles. The lowest BCUT2D eigenvalue weighted by atomic mass is 10.1. The number of carbonyl (C=O) groups is 2. The largest absolute Gasteiger partial charge is 0.487 e. The van der Waals surface area contributed by atoms with Crippen molar-refractivity contribution in [3.8, 4) is 17.0 Å². The fourth-order valence-electron chi connectivity index (χ4n) is 3.17. The first-order valence-electron chi connectivity index (χ1n) is 9.31. The molecule has 1 aliphatic rings. The Balaban J connectivity index is 1.60. The quantitative estimate of drug-likeness (QED) is 0.692. The number of carbonyl (C=O) groups excluding carboxylic acids is 2. The van der Waals surface area contributed by atoms with Crippen LogP contribution >= 0.6 is 0 Å². The molecule has 158 valence electrons. The van der Waals surface area contributed by atoms with Gasteiger partial charge in [0.15, 0.2) is 23.2 Å². The van der Waals surface area contributed by atoms with E-state index in [4.69, 9.17) is 4.74 Å². The van der Waals surface area contributed by atoms with Crippen LogP contribution in [-0.2, 0) is 4.79 Å². The molecular weight excluding hydrogens is 408 g/mol. The highest BCUT2D eigenvalue weighted by Gasteiger charge is 2.32. The van der Waals surface area contributed by atoms with E-state index in [-0.39, 0.29) is 23.7 Å². The average Bonchev–Trinajstić information content (AvgIpc) is 2.88. The number of pyridine rings is 1. The lowest BCUT2D eigenvalue weighted by Crippen LogP contribution is -2.49. The third kappa shape index (κ3) is 3.79. The van der Waals surface area contributed by atoms with Gasteiger partial charge in [-0.1, -0.05) is 6.07 Å². The fourth-order valence-corrected chi connectivity index (χ4v) is 3.17. The second kappa shape index (κ2) is 8.05. The maximum Gasteiger partial charge on any atom is 0.289 e. The molecule has 0 saturated carbocycles. The first-order valence-corrected chi connectivity index (χ1v) is 9.31. The number of nitrogens with zero attached hydrogens (tertiary/aromatic N) is 4.